The summed E-state index contributed by atoms with van der Waals surface area (Å²) in [5.41, 5.74) is -2.85. The number of hydrogen-bond acceptors (Lipinski definition) is 5. The van der Waals surface area contributed by atoms with Crippen molar-refractivity contribution in [3.05, 3.63) is 92.1 Å². The van der Waals surface area contributed by atoms with Crippen molar-refractivity contribution in [3.8, 4) is 11.1 Å². The molecule has 53 heavy (non-hydrogen) atoms. The fourth-order valence-electron chi connectivity index (χ4n) is 7.34. The van der Waals surface area contributed by atoms with E-state index in [9.17, 15) is 40.7 Å². The first-order chi connectivity index (χ1) is 24.7. The number of alkyl halides is 6. The predicted octanol–water partition coefficient (Wildman–Crippen LogP) is 8.35. The summed E-state index contributed by atoms with van der Waals surface area (Å²) in [6.45, 7) is 10.0. The number of hydrogen-bond donors (Lipinski definition) is 1. The summed E-state index contributed by atoms with van der Waals surface area (Å²) < 4.78 is 108. The molecule has 0 bridgehead atoms. The average molecular weight is 752 g/mol. The second kappa shape index (κ2) is 15.3. The molecule has 1 spiro atoms. The third-order valence-electron chi connectivity index (χ3n) is 10.1. The van der Waals surface area contributed by atoms with Gasteiger partial charge in [0.2, 0.25) is 5.91 Å². The van der Waals surface area contributed by atoms with Gasteiger partial charge in [-0.1, -0.05) is 32.0 Å². The lowest BCUT2D eigenvalue weighted by atomic mass is 9.90. The second-order valence-electron chi connectivity index (χ2n) is 14.8. The highest BCUT2D eigenvalue weighted by molar-refractivity contribution is 5.82. The van der Waals surface area contributed by atoms with Crippen LogP contribution in [0.4, 0.5) is 30.7 Å². The van der Waals surface area contributed by atoms with Crippen molar-refractivity contribution < 1.29 is 45.1 Å². The van der Waals surface area contributed by atoms with Crippen molar-refractivity contribution in [2.24, 2.45) is 11.3 Å². The maximum atomic E-state index is 16.1. The van der Waals surface area contributed by atoms with Crippen LogP contribution in [-0.4, -0.2) is 47.6 Å². The van der Waals surface area contributed by atoms with Gasteiger partial charge in [0.15, 0.2) is 0 Å². The number of rotatable bonds is 13. The van der Waals surface area contributed by atoms with Crippen molar-refractivity contribution in [1.82, 2.24) is 14.8 Å². The molecule has 1 aromatic heterocycles. The molecule has 1 saturated heterocycles. The van der Waals surface area contributed by atoms with Crippen molar-refractivity contribution in [2.75, 3.05) is 26.2 Å². The van der Waals surface area contributed by atoms with Crippen LogP contribution in [0.15, 0.2) is 47.4 Å². The Bertz CT molecular complexity index is 1890. The summed E-state index contributed by atoms with van der Waals surface area (Å²) in [5, 5.41) is 2.49. The predicted molar refractivity (Wildman–Crippen MR) is 184 cm³/mol. The molecule has 5 rings (SSSR count). The molecule has 2 aliphatic rings. The standard InChI is InChI=1S/C39H44F7N3O4/c1-6-53-33(51)18-30(27-15-26(16-29(35(27)40)39(44,45)46)34-23(4)8-7-9-24(34)5)47-36(52)31(14-22(2)3)49-19-25(28(17-32(49)50)38(41,42)43)10-13-48-20-37(21-48)11-12-37/h7-9,15-17,19,22,30-31H,6,10-14,18,20-21H2,1-5H3,(H,47,52)/t30-,31?/m0/s1. The molecule has 3 aromatic rings. The number of ether oxygens (including phenoxy) is 1. The first-order valence-electron chi connectivity index (χ1n) is 17.7. The van der Waals surface area contributed by atoms with Gasteiger partial charge in [-0.2, -0.15) is 26.3 Å². The highest BCUT2D eigenvalue weighted by atomic mass is 19.4. The number of benzene rings is 2. The summed E-state index contributed by atoms with van der Waals surface area (Å²) in [7, 11) is 0. The van der Waals surface area contributed by atoms with E-state index in [1.54, 1.807) is 45.9 Å². The van der Waals surface area contributed by atoms with E-state index >= 15 is 4.39 Å². The third-order valence-corrected chi connectivity index (χ3v) is 10.1. The van der Waals surface area contributed by atoms with E-state index < -0.39 is 70.8 Å². The number of carbonyl (C=O) groups is 2. The zero-order valence-electron chi connectivity index (χ0n) is 30.3. The van der Waals surface area contributed by atoms with E-state index in [1.807, 2.05) is 4.90 Å². The number of aromatic nitrogens is 1. The summed E-state index contributed by atoms with van der Waals surface area (Å²) in [5.74, 6) is -3.96. The van der Waals surface area contributed by atoms with Crippen LogP contribution in [0.5, 0.6) is 0 Å². The number of aryl methyl sites for hydroxylation is 2. The Kier molecular flexibility index (Phi) is 11.5. The molecule has 2 fully saturated rings. The average Bonchev–Trinajstić information content (AvgIpc) is 3.83. The summed E-state index contributed by atoms with van der Waals surface area (Å²) >= 11 is 0. The molecule has 14 heteroatoms. The third kappa shape index (κ3) is 9.13. The Morgan fingerprint density at radius 2 is 1.58 bits per heavy atom. The molecule has 1 unspecified atom stereocenters. The maximum Gasteiger partial charge on any atom is 0.419 e. The molecular formula is C39H44F7N3O4. The van der Waals surface area contributed by atoms with Crippen LogP contribution in [0.1, 0.15) is 91.9 Å². The molecule has 1 amide bonds. The van der Waals surface area contributed by atoms with Gasteiger partial charge in [-0.05, 0) is 97.7 Å². The minimum atomic E-state index is -5.16. The molecule has 7 nitrogen and oxygen atoms in total. The van der Waals surface area contributed by atoms with Gasteiger partial charge in [-0.15, -0.1) is 0 Å². The Hall–Kier alpha value is -4.20. The Labute approximate surface area is 303 Å². The van der Waals surface area contributed by atoms with Gasteiger partial charge in [0.05, 0.1) is 30.2 Å². The molecule has 2 aromatic carbocycles. The van der Waals surface area contributed by atoms with Gasteiger partial charge < -0.3 is 19.5 Å². The van der Waals surface area contributed by atoms with Gasteiger partial charge in [-0.3, -0.25) is 14.4 Å². The Balaban J connectivity index is 1.58. The van der Waals surface area contributed by atoms with Crippen LogP contribution in [-0.2, 0) is 33.1 Å². The van der Waals surface area contributed by atoms with E-state index in [4.69, 9.17) is 4.74 Å². The SMILES string of the molecule is CCOC(=O)C[C@H](NC(=O)C(CC(C)C)n1cc(CCN2CC3(CC3)C2)c(C(F)(F)F)cc1=O)c1cc(-c2c(C)cccc2C)cc(C(F)(F)F)c1F. The molecule has 1 N–H and O–H groups in total. The minimum Gasteiger partial charge on any atom is -0.466 e. The molecule has 0 radical (unpaired) electrons. The Morgan fingerprint density at radius 3 is 2.13 bits per heavy atom. The molecule has 1 aliphatic carbocycles. The van der Waals surface area contributed by atoms with Crippen LogP contribution in [0.25, 0.3) is 11.1 Å². The van der Waals surface area contributed by atoms with E-state index in [0.717, 1.165) is 42.8 Å². The molecule has 288 valence electrons. The first kappa shape index (κ1) is 40.0. The van der Waals surface area contributed by atoms with Crippen molar-refractivity contribution >= 4 is 11.9 Å². The van der Waals surface area contributed by atoms with Gasteiger partial charge in [0, 0.05) is 37.5 Å². The van der Waals surface area contributed by atoms with Crippen LogP contribution in [0, 0.1) is 31.0 Å². The number of nitrogens with one attached hydrogen (secondary N) is 1. The fourth-order valence-corrected chi connectivity index (χ4v) is 7.34. The fraction of sp³-hybridized carbons (Fsp3) is 0.513. The number of likely N-dealkylation sites (tertiary alicyclic amines) is 1. The van der Waals surface area contributed by atoms with Gasteiger partial charge in [-0.25, -0.2) is 4.39 Å². The summed E-state index contributed by atoms with van der Waals surface area (Å²) in [6.07, 6.45) is -7.72. The van der Waals surface area contributed by atoms with E-state index in [2.05, 4.69) is 5.32 Å². The summed E-state index contributed by atoms with van der Waals surface area (Å²) in [6, 6.07) is 4.16. The lowest BCUT2D eigenvalue weighted by molar-refractivity contribution is -0.144. The largest absolute Gasteiger partial charge is 0.466 e. The smallest absolute Gasteiger partial charge is 0.419 e. The maximum absolute atomic E-state index is 16.1. The molecule has 1 saturated carbocycles. The molecule has 1 aliphatic heterocycles. The van der Waals surface area contributed by atoms with Gasteiger partial charge in [0.1, 0.15) is 11.9 Å². The lowest BCUT2D eigenvalue weighted by Gasteiger charge is -2.40. The quantitative estimate of drug-likeness (QED) is 0.140. The van der Waals surface area contributed by atoms with Crippen molar-refractivity contribution in [3.63, 3.8) is 0 Å². The highest BCUT2D eigenvalue weighted by Gasteiger charge is 2.51. The number of esters is 1. The monoisotopic (exact) mass is 751 g/mol. The number of halogens is 7. The van der Waals surface area contributed by atoms with Crippen LogP contribution >= 0.6 is 0 Å². The highest BCUT2D eigenvalue weighted by Crippen LogP contribution is 2.52. The van der Waals surface area contributed by atoms with Gasteiger partial charge >= 0.3 is 18.3 Å². The molecule has 2 atom stereocenters. The lowest BCUT2D eigenvalue weighted by Crippen LogP contribution is -2.49. The van der Waals surface area contributed by atoms with Crippen LogP contribution in [0.3, 0.4) is 0 Å². The molecular weight excluding hydrogens is 707 g/mol. The minimum absolute atomic E-state index is 0.00966. The number of carbonyl (C=O) groups excluding carboxylic acids is 2. The zero-order chi connectivity index (χ0) is 39.0. The van der Waals surface area contributed by atoms with Gasteiger partial charge in [0.25, 0.3) is 5.56 Å². The van der Waals surface area contributed by atoms with E-state index in [-0.39, 0.29) is 41.9 Å². The normalized spacial score (nSPS) is 16.7. The van der Waals surface area contributed by atoms with E-state index in [0.29, 0.717) is 35.4 Å². The number of amides is 1. The number of nitrogens with zero attached hydrogens (tertiary/aromatic N) is 2. The zero-order valence-corrected chi connectivity index (χ0v) is 30.3. The van der Waals surface area contributed by atoms with Crippen molar-refractivity contribution in [2.45, 2.75) is 91.2 Å². The van der Waals surface area contributed by atoms with Crippen molar-refractivity contribution in [1.29, 1.82) is 0 Å². The number of pyridine rings is 1. The van der Waals surface area contributed by atoms with Crippen LogP contribution < -0.4 is 10.9 Å². The second-order valence-corrected chi connectivity index (χ2v) is 14.8. The van der Waals surface area contributed by atoms with E-state index in [1.165, 1.54) is 6.92 Å². The topological polar surface area (TPSA) is 80.6 Å². The molecule has 2 heterocycles. The Morgan fingerprint density at radius 1 is 0.962 bits per heavy atom. The first-order valence-corrected chi connectivity index (χ1v) is 17.7. The van der Waals surface area contributed by atoms with Crippen LogP contribution in [0.2, 0.25) is 0 Å². The summed E-state index contributed by atoms with van der Waals surface area (Å²) in [4.78, 5) is 42.4.